The predicted octanol–water partition coefficient (Wildman–Crippen LogP) is 3.25. The Labute approximate surface area is 163 Å². The normalized spacial score (nSPS) is 13.5. The molecule has 0 radical (unpaired) electrons. The van der Waals surface area contributed by atoms with E-state index in [9.17, 15) is 14.4 Å². The molecule has 1 aliphatic rings. The SMILES string of the molecule is CCC(CC)N(CCOC)C(=O)CN1C(=O)c2cc(Cl)c(Cl)cc2C1=O. The van der Waals surface area contributed by atoms with Gasteiger partial charge in [0.05, 0.1) is 27.8 Å². The van der Waals surface area contributed by atoms with E-state index in [1.807, 2.05) is 13.8 Å². The number of imide groups is 1. The van der Waals surface area contributed by atoms with Gasteiger partial charge in [0.2, 0.25) is 5.91 Å². The molecule has 1 aromatic rings. The number of carbonyl (C=O) groups excluding carboxylic acids is 3. The summed E-state index contributed by atoms with van der Waals surface area (Å²) in [6, 6.07) is 2.76. The Morgan fingerprint density at radius 1 is 1.12 bits per heavy atom. The summed E-state index contributed by atoms with van der Waals surface area (Å²) in [7, 11) is 1.56. The van der Waals surface area contributed by atoms with E-state index in [4.69, 9.17) is 27.9 Å². The maximum atomic E-state index is 12.8. The van der Waals surface area contributed by atoms with Gasteiger partial charge in [0, 0.05) is 19.7 Å². The zero-order valence-corrected chi connectivity index (χ0v) is 16.6. The van der Waals surface area contributed by atoms with E-state index in [0.717, 1.165) is 17.7 Å². The number of carbonyl (C=O) groups is 3. The summed E-state index contributed by atoms with van der Waals surface area (Å²) in [6.07, 6.45) is 1.55. The van der Waals surface area contributed by atoms with Gasteiger partial charge in [-0.05, 0) is 25.0 Å². The van der Waals surface area contributed by atoms with Crippen LogP contribution in [0.2, 0.25) is 10.0 Å². The Morgan fingerprint density at radius 3 is 2.04 bits per heavy atom. The number of benzene rings is 1. The Kier molecular flexibility index (Phi) is 7.03. The van der Waals surface area contributed by atoms with Crippen LogP contribution in [0.4, 0.5) is 0 Å². The van der Waals surface area contributed by atoms with E-state index in [0.29, 0.717) is 13.2 Å². The molecule has 0 aromatic heterocycles. The van der Waals surface area contributed by atoms with Gasteiger partial charge in [-0.1, -0.05) is 37.0 Å². The molecule has 0 atom stereocenters. The van der Waals surface area contributed by atoms with Crippen molar-refractivity contribution in [1.82, 2.24) is 9.80 Å². The van der Waals surface area contributed by atoms with Gasteiger partial charge in [0.25, 0.3) is 11.8 Å². The van der Waals surface area contributed by atoms with Gasteiger partial charge in [-0.3, -0.25) is 19.3 Å². The van der Waals surface area contributed by atoms with Crippen molar-refractivity contribution in [3.05, 3.63) is 33.3 Å². The highest BCUT2D eigenvalue weighted by molar-refractivity contribution is 6.43. The number of rotatable bonds is 8. The molecule has 0 spiro atoms. The highest BCUT2D eigenvalue weighted by Crippen LogP contribution is 2.31. The highest BCUT2D eigenvalue weighted by Gasteiger charge is 2.38. The molecule has 0 aliphatic carbocycles. The molecule has 3 amide bonds. The van der Waals surface area contributed by atoms with E-state index >= 15 is 0 Å². The molecule has 1 aromatic carbocycles. The van der Waals surface area contributed by atoms with E-state index in [1.165, 1.54) is 12.1 Å². The van der Waals surface area contributed by atoms with E-state index in [1.54, 1.807) is 12.0 Å². The average Bonchev–Trinajstić information content (AvgIpc) is 2.83. The number of hydrogen-bond acceptors (Lipinski definition) is 4. The van der Waals surface area contributed by atoms with E-state index in [-0.39, 0.29) is 39.7 Å². The van der Waals surface area contributed by atoms with Gasteiger partial charge >= 0.3 is 0 Å². The topological polar surface area (TPSA) is 66.9 Å². The van der Waals surface area contributed by atoms with Crippen LogP contribution in [-0.4, -0.2) is 60.4 Å². The molecule has 2 rings (SSSR count). The van der Waals surface area contributed by atoms with Crippen molar-refractivity contribution in [2.75, 3.05) is 26.8 Å². The zero-order chi connectivity index (χ0) is 19.4. The second-order valence-electron chi connectivity index (χ2n) is 6.06. The number of amides is 3. The zero-order valence-electron chi connectivity index (χ0n) is 15.1. The molecule has 1 heterocycles. The third kappa shape index (κ3) is 4.03. The van der Waals surface area contributed by atoms with Crippen molar-refractivity contribution < 1.29 is 19.1 Å². The van der Waals surface area contributed by atoms with Crippen LogP contribution in [0.15, 0.2) is 12.1 Å². The van der Waals surface area contributed by atoms with Crippen LogP contribution < -0.4 is 0 Å². The lowest BCUT2D eigenvalue weighted by atomic mass is 10.1. The molecule has 26 heavy (non-hydrogen) atoms. The molecule has 0 bridgehead atoms. The fraction of sp³-hybridized carbons (Fsp3) is 0.500. The third-order valence-electron chi connectivity index (χ3n) is 4.54. The minimum atomic E-state index is -0.534. The van der Waals surface area contributed by atoms with Gasteiger partial charge in [0.1, 0.15) is 6.54 Å². The Bertz CT molecular complexity index is 678. The number of nitrogens with zero attached hydrogens (tertiary/aromatic N) is 2. The smallest absolute Gasteiger partial charge is 0.262 e. The predicted molar refractivity (Wildman–Crippen MR) is 99.8 cm³/mol. The summed E-state index contributed by atoms with van der Waals surface area (Å²) >= 11 is 11.9. The van der Waals surface area contributed by atoms with Gasteiger partial charge in [-0.15, -0.1) is 0 Å². The summed E-state index contributed by atoms with van der Waals surface area (Å²) in [4.78, 5) is 40.6. The molecule has 6 nitrogen and oxygen atoms in total. The number of hydrogen-bond donors (Lipinski definition) is 0. The number of ether oxygens (including phenoxy) is 1. The van der Waals surface area contributed by atoms with Crippen molar-refractivity contribution in [1.29, 1.82) is 0 Å². The van der Waals surface area contributed by atoms with Crippen LogP contribution in [0.3, 0.4) is 0 Å². The van der Waals surface area contributed by atoms with E-state index in [2.05, 4.69) is 0 Å². The quantitative estimate of drug-likeness (QED) is 0.628. The minimum absolute atomic E-state index is 0.0247. The second kappa shape index (κ2) is 8.84. The molecule has 0 saturated heterocycles. The van der Waals surface area contributed by atoms with E-state index < -0.39 is 11.8 Å². The molecule has 8 heteroatoms. The first-order valence-electron chi connectivity index (χ1n) is 8.49. The minimum Gasteiger partial charge on any atom is -0.383 e. The standard InChI is InChI=1S/C18H22Cl2N2O4/c1-4-11(5-2)21(6-7-26-3)16(23)10-22-17(24)12-8-14(19)15(20)9-13(12)18(22)25/h8-9,11H,4-7,10H2,1-3H3. The van der Waals surface area contributed by atoms with Gasteiger partial charge in [-0.2, -0.15) is 0 Å². The molecule has 0 N–H and O–H groups in total. The number of halogens is 2. The summed E-state index contributed by atoms with van der Waals surface area (Å²) in [5.74, 6) is -1.36. The largest absolute Gasteiger partial charge is 0.383 e. The fourth-order valence-electron chi connectivity index (χ4n) is 3.08. The van der Waals surface area contributed by atoms with Crippen LogP contribution in [0.5, 0.6) is 0 Å². The molecule has 0 saturated carbocycles. The van der Waals surface area contributed by atoms with Crippen LogP contribution in [0.25, 0.3) is 0 Å². The third-order valence-corrected chi connectivity index (χ3v) is 5.27. The number of fused-ring (bicyclic) bond motifs is 1. The monoisotopic (exact) mass is 400 g/mol. The lowest BCUT2D eigenvalue weighted by molar-refractivity contribution is -0.134. The Morgan fingerprint density at radius 2 is 1.62 bits per heavy atom. The first kappa shape index (κ1) is 20.7. The molecule has 1 aliphatic heterocycles. The van der Waals surface area contributed by atoms with Crippen molar-refractivity contribution in [3.63, 3.8) is 0 Å². The Balaban J connectivity index is 2.22. The van der Waals surface area contributed by atoms with Gasteiger partial charge in [0.15, 0.2) is 0 Å². The van der Waals surface area contributed by atoms with Crippen molar-refractivity contribution in [3.8, 4) is 0 Å². The highest BCUT2D eigenvalue weighted by atomic mass is 35.5. The molecular weight excluding hydrogens is 379 g/mol. The lowest BCUT2D eigenvalue weighted by Crippen LogP contribution is -2.48. The average molecular weight is 401 g/mol. The maximum absolute atomic E-state index is 12.8. The first-order chi connectivity index (χ1) is 12.3. The second-order valence-corrected chi connectivity index (χ2v) is 6.87. The van der Waals surface area contributed by atoms with Crippen LogP contribution in [0.1, 0.15) is 47.4 Å². The number of methoxy groups -OCH3 is 1. The van der Waals surface area contributed by atoms with Crippen molar-refractivity contribution in [2.45, 2.75) is 32.7 Å². The molecular formula is C18H22Cl2N2O4. The van der Waals surface area contributed by atoms with Crippen LogP contribution >= 0.6 is 23.2 Å². The van der Waals surface area contributed by atoms with Gasteiger partial charge < -0.3 is 9.64 Å². The van der Waals surface area contributed by atoms with Crippen molar-refractivity contribution in [2.24, 2.45) is 0 Å². The molecule has 0 fully saturated rings. The van der Waals surface area contributed by atoms with Crippen LogP contribution in [-0.2, 0) is 9.53 Å². The Hall–Kier alpha value is -1.63. The maximum Gasteiger partial charge on any atom is 0.262 e. The molecule has 142 valence electrons. The summed E-state index contributed by atoms with van der Waals surface area (Å²) in [5, 5.41) is 0.386. The van der Waals surface area contributed by atoms with Crippen LogP contribution in [0, 0.1) is 0 Å². The molecule has 0 unspecified atom stereocenters. The summed E-state index contributed by atoms with van der Waals surface area (Å²) in [6.45, 7) is 4.46. The lowest BCUT2D eigenvalue weighted by Gasteiger charge is -2.31. The summed E-state index contributed by atoms with van der Waals surface area (Å²) in [5.41, 5.74) is 0.339. The van der Waals surface area contributed by atoms with Crippen molar-refractivity contribution >= 4 is 40.9 Å². The van der Waals surface area contributed by atoms with Gasteiger partial charge in [-0.25, -0.2) is 0 Å². The fourth-order valence-corrected chi connectivity index (χ4v) is 3.41. The summed E-state index contributed by atoms with van der Waals surface area (Å²) < 4.78 is 5.08. The first-order valence-corrected chi connectivity index (χ1v) is 9.24.